The Labute approximate surface area is 203 Å². The van der Waals surface area contributed by atoms with Crippen LogP contribution in [0.5, 0.6) is 0 Å². The second-order valence-electron chi connectivity index (χ2n) is 8.73. The molecule has 1 atom stereocenters. The predicted octanol–water partition coefficient (Wildman–Crippen LogP) is 7.45. The Kier molecular flexibility index (Phi) is 5.91. The van der Waals surface area contributed by atoms with Crippen molar-refractivity contribution in [2.45, 2.75) is 26.8 Å². The van der Waals surface area contributed by atoms with Crippen LogP contribution in [0.2, 0.25) is 0 Å². The quantitative estimate of drug-likeness (QED) is 0.293. The lowest BCUT2D eigenvalue weighted by molar-refractivity contribution is 0.605. The monoisotopic (exact) mass is 464 g/mol. The molecule has 2 aromatic heterocycles. The minimum atomic E-state index is -0.336. The molecule has 0 saturated carbocycles. The largest absolute Gasteiger partial charge is 0.455 e. The molecular formula is C30H25FN2O2. The maximum Gasteiger partial charge on any atom is 0.196 e. The molecule has 4 nitrogen and oxygen atoms in total. The van der Waals surface area contributed by atoms with Crippen molar-refractivity contribution in [1.29, 1.82) is 0 Å². The summed E-state index contributed by atoms with van der Waals surface area (Å²) in [6.45, 7) is 5.76. The molecule has 3 aromatic carbocycles. The normalized spacial score (nSPS) is 12.0. The van der Waals surface area contributed by atoms with Gasteiger partial charge in [-0.2, -0.15) is 0 Å². The summed E-state index contributed by atoms with van der Waals surface area (Å²) >= 11 is 0. The molecule has 0 fully saturated rings. The number of halogens is 1. The standard InChI is InChI=1S/C30H25FN2O2/c1-18-16-23(20(3)33-26-14-9-15-32-27(26)22-12-7-8-13-25(22)31)30-24(17-18)28(34)19(2)29(35-30)21-10-5-4-6-11-21/h4-17,20,33H,1-3H3. The topological polar surface area (TPSA) is 55.1 Å². The summed E-state index contributed by atoms with van der Waals surface area (Å²) in [6, 6.07) is 23.5. The van der Waals surface area contributed by atoms with E-state index in [2.05, 4.69) is 10.3 Å². The van der Waals surface area contributed by atoms with Crippen LogP contribution in [0.3, 0.4) is 0 Å². The summed E-state index contributed by atoms with van der Waals surface area (Å²) in [5.41, 5.74) is 5.37. The predicted molar refractivity (Wildman–Crippen MR) is 139 cm³/mol. The van der Waals surface area contributed by atoms with E-state index in [9.17, 15) is 9.18 Å². The summed E-state index contributed by atoms with van der Waals surface area (Å²) in [7, 11) is 0. The van der Waals surface area contributed by atoms with Gasteiger partial charge in [0.15, 0.2) is 5.43 Å². The minimum absolute atomic E-state index is 0.0457. The smallest absolute Gasteiger partial charge is 0.196 e. The van der Waals surface area contributed by atoms with E-state index < -0.39 is 0 Å². The molecule has 0 saturated heterocycles. The van der Waals surface area contributed by atoms with Crippen molar-refractivity contribution in [1.82, 2.24) is 4.98 Å². The molecule has 0 aliphatic rings. The first-order valence-corrected chi connectivity index (χ1v) is 11.5. The summed E-state index contributed by atoms with van der Waals surface area (Å²) in [5, 5.41) is 4.02. The zero-order valence-corrected chi connectivity index (χ0v) is 19.8. The Balaban J connectivity index is 1.64. The van der Waals surface area contributed by atoms with E-state index in [1.54, 1.807) is 31.3 Å². The summed E-state index contributed by atoms with van der Waals surface area (Å²) in [5.74, 6) is 0.228. The number of nitrogens with zero attached hydrogens (tertiary/aromatic N) is 1. The molecule has 35 heavy (non-hydrogen) atoms. The van der Waals surface area contributed by atoms with Crippen LogP contribution < -0.4 is 10.7 Å². The van der Waals surface area contributed by atoms with E-state index in [0.29, 0.717) is 39.2 Å². The fourth-order valence-electron chi connectivity index (χ4n) is 4.45. The van der Waals surface area contributed by atoms with E-state index in [4.69, 9.17) is 4.42 Å². The second-order valence-corrected chi connectivity index (χ2v) is 8.73. The fourth-order valence-corrected chi connectivity index (χ4v) is 4.45. The van der Waals surface area contributed by atoms with Crippen LogP contribution in [0.15, 0.2) is 94.3 Å². The van der Waals surface area contributed by atoms with Crippen molar-refractivity contribution in [3.05, 3.63) is 118 Å². The third-order valence-corrected chi connectivity index (χ3v) is 6.20. The highest BCUT2D eigenvalue weighted by Gasteiger charge is 2.20. The molecule has 174 valence electrons. The SMILES string of the molecule is Cc1cc(C(C)Nc2cccnc2-c2ccccc2F)c2oc(-c3ccccc3)c(C)c(=O)c2c1. The van der Waals surface area contributed by atoms with Gasteiger partial charge < -0.3 is 9.73 Å². The molecule has 0 aliphatic carbocycles. The summed E-state index contributed by atoms with van der Waals surface area (Å²) < 4.78 is 21.0. The number of benzene rings is 3. The van der Waals surface area contributed by atoms with Crippen molar-refractivity contribution >= 4 is 16.7 Å². The van der Waals surface area contributed by atoms with E-state index in [0.717, 1.165) is 16.7 Å². The molecule has 5 rings (SSSR count). The molecule has 0 aliphatic heterocycles. The Bertz CT molecular complexity index is 1590. The maximum atomic E-state index is 14.5. The first kappa shape index (κ1) is 22.5. The highest BCUT2D eigenvalue weighted by Crippen LogP contribution is 2.34. The van der Waals surface area contributed by atoms with Gasteiger partial charge in [0.1, 0.15) is 17.2 Å². The number of rotatable bonds is 5. The maximum absolute atomic E-state index is 14.5. The van der Waals surface area contributed by atoms with Gasteiger partial charge in [-0.3, -0.25) is 9.78 Å². The molecule has 2 heterocycles. The molecule has 0 bridgehead atoms. The van der Waals surface area contributed by atoms with Gasteiger partial charge in [-0.25, -0.2) is 4.39 Å². The van der Waals surface area contributed by atoms with E-state index in [1.165, 1.54) is 6.07 Å². The van der Waals surface area contributed by atoms with Crippen LogP contribution in [-0.4, -0.2) is 4.98 Å². The number of aromatic nitrogens is 1. The third kappa shape index (κ3) is 4.21. The van der Waals surface area contributed by atoms with Crippen LogP contribution in [0.1, 0.15) is 29.7 Å². The lowest BCUT2D eigenvalue weighted by atomic mass is 9.98. The minimum Gasteiger partial charge on any atom is -0.455 e. The van der Waals surface area contributed by atoms with Crippen LogP contribution in [0.25, 0.3) is 33.6 Å². The van der Waals surface area contributed by atoms with Gasteiger partial charge in [-0.05, 0) is 56.7 Å². The number of nitrogens with one attached hydrogen (secondary N) is 1. The highest BCUT2D eigenvalue weighted by molar-refractivity contribution is 5.85. The average Bonchev–Trinajstić information content (AvgIpc) is 2.87. The molecule has 0 radical (unpaired) electrons. The summed E-state index contributed by atoms with van der Waals surface area (Å²) in [4.78, 5) is 17.8. The Morgan fingerprint density at radius 2 is 1.69 bits per heavy atom. The van der Waals surface area contributed by atoms with E-state index >= 15 is 0 Å². The van der Waals surface area contributed by atoms with E-state index in [-0.39, 0.29) is 17.3 Å². The summed E-state index contributed by atoms with van der Waals surface area (Å²) in [6.07, 6.45) is 1.65. The first-order valence-electron chi connectivity index (χ1n) is 11.5. The van der Waals surface area contributed by atoms with Crippen molar-refractivity contribution < 1.29 is 8.81 Å². The second kappa shape index (κ2) is 9.18. The molecule has 1 N–H and O–H groups in total. The Morgan fingerprint density at radius 1 is 0.943 bits per heavy atom. The molecule has 0 spiro atoms. The van der Waals surface area contributed by atoms with Crippen molar-refractivity contribution in [2.24, 2.45) is 0 Å². The number of anilines is 1. The van der Waals surface area contributed by atoms with Crippen LogP contribution >= 0.6 is 0 Å². The van der Waals surface area contributed by atoms with Gasteiger partial charge in [0.2, 0.25) is 0 Å². The molecule has 5 heteroatoms. The van der Waals surface area contributed by atoms with Gasteiger partial charge >= 0.3 is 0 Å². The molecule has 1 unspecified atom stereocenters. The van der Waals surface area contributed by atoms with E-state index in [1.807, 2.05) is 68.4 Å². The zero-order valence-electron chi connectivity index (χ0n) is 19.8. The van der Waals surface area contributed by atoms with Gasteiger partial charge in [-0.15, -0.1) is 0 Å². The first-order chi connectivity index (χ1) is 16.9. The lowest BCUT2D eigenvalue weighted by Crippen LogP contribution is -2.13. The lowest BCUT2D eigenvalue weighted by Gasteiger charge is -2.20. The molecular weight excluding hydrogens is 439 g/mol. The van der Waals surface area contributed by atoms with Crippen LogP contribution in [0.4, 0.5) is 10.1 Å². The number of hydrogen-bond acceptors (Lipinski definition) is 4. The number of aryl methyl sites for hydroxylation is 1. The van der Waals surface area contributed by atoms with Crippen LogP contribution in [0, 0.1) is 19.7 Å². The number of fused-ring (bicyclic) bond motifs is 1. The van der Waals surface area contributed by atoms with Crippen molar-refractivity contribution in [3.8, 4) is 22.6 Å². The van der Waals surface area contributed by atoms with Gasteiger partial charge in [0.05, 0.1) is 22.8 Å². The average molecular weight is 465 g/mol. The van der Waals surface area contributed by atoms with Gasteiger partial charge in [0.25, 0.3) is 0 Å². The van der Waals surface area contributed by atoms with Crippen LogP contribution in [-0.2, 0) is 0 Å². The van der Waals surface area contributed by atoms with Crippen molar-refractivity contribution in [3.63, 3.8) is 0 Å². The number of hydrogen-bond donors (Lipinski definition) is 1. The molecule has 0 amide bonds. The van der Waals surface area contributed by atoms with Gasteiger partial charge in [0, 0.05) is 28.5 Å². The Morgan fingerprint density at radius 3 is 2.46 bits per heavy atom. The van der Waals surface area contributed by atoms with Gasteiger partial charge in [-0.1, -0.05) is 48.5 Å². The molecule has 5 aromatic rings. The third-order valence-electron chi connectivity index (χ3n) is 6.20. The van der Waals surface area contributed by atoms with Crippen molar-refractivity contribution in [2.75, 3.05) is 5.32 Å². The highest BCUT2D eigenvalue weighted by atomic mass is 19.1. The number of pyridine rings is 1. The Hall–Kier alpha value is -4.25. The fraction of sp³-hybridized carbons (Fsp3) is 0.133. The zero-order chi connectivity index (χ0) is 24.5.